The lowest BCUT2D eigenvalue weighted by molar-refractivity contribution is -0.117. The zero-order chi connectivity index (χ0) is 26.8. The van der Waals surface area contributed by atoms with E-state index in [-0.39, 0.29) is 28.4 Å². The van der Waals surface area contributed by atoms with E-state index in [1.807, 2.05) is 6.92 Å². The van der Waals surface area contributed by atoms with E-state index in [4.69, 9.17) is 14.2 Å². The highest BCUT2D eigenvalue weighted by Crippen LogP contribution is 2.14. The Morgan fingerprint density at radius 1 is 1.27 bits per heavy atom. The summed E-state index contributed by atoms with van der Waals surface area (Å²) in [6.07, 6.45) is 6.75. The number of pyridine rings is 2. The number of methoxy groups -OCH3 is 2. The van der Waals surface area contributed by atoms with Gasteiger partial charge >= 0.3 is 0 Å². The van der Waals surface area contributed by atoms with E-state index >= 15 is 0 Å². The summed E-state index contributed by atoms with van der Waals surface area (Å²) < 4.78 is 19.1. The second kappa shape index (κ2) is 13.0. The summed E-state index contributed by atoms with van der Waals surface area (Å²) in [6.45, 7) is 6.88. The quantitative estimate of drug-likeness (QED) is 0.171. The summed E-state index contributed by atoms with van der Waals surface area (Å²) in [6, 6.07) is 8.73. The third kappa shape index (κ3) is 6.20. The van der Waals surface area contributed by atoms with Crippen LogP contribution in [0.3, 0.4) is 0 Å². The molecule has 0 aliphatic rings. The van der Waals surface area contributed by atoms with Crippen molar-refractivity contribution >= 4 is 22.6 Å². The molecule has 192 valence electrons. The van der Waals surface area contributed by atoms with E-state index in [2.05, 4.69) is 22.6 Å². The topological polar surface area (TPSA) is 120 Å². The highest BCUT2D eigenvalue weighted by molar-refractivity contribution is 5.80. The first-order valence-corrected chi connectivity index (χ1v) is 11.7. The molecule has 0 aliphatic heterocycles. The van der Waals surface area contributed by atoms with Crippen LogP contribution in [0.1, 0.15) is 25.3 Å². The fraction of sp³-hybridized carbons (Fsp3) is 0.296. The molecule has 3 aromatic heterocycles. The number of carbonyl (C=O) groups excluding carboxylic acids is 1. The zero-order valence-corrected chi connectivity index (χ0v) is 21.1. The van der Waals surface area contributed by atoms with Crippen molar-refractivity contribution < 1.29 is 19.0 Å². The molecule has 0 bridgehead atoms. The Hall–Kier alpha value is -4.49. The Balaban J connectivity index is 2.19. The van der Waals surface area contributed by atoms with E-state index in [1.54, 1.807) is 35.0 Å². The molecule has 0 saturated carbocycles. The van der Waals surface area contributed by atoms with Crippen molar-refractivity contribution in [1.29, 1.82) is 5.26 Å². The molecular weight excluding hydrogens is 474 g/mol. The summed E-state index contributed by atoms with van der Waals surface area (Å²) in [7, 11) is 2.94. The van der Waals surface area contributed by atoms with Crippen LogP contribution in [0.2, 0.25) is 0 Å². The maximum absolute atomic E-state index is 13.2. The molecule has 1 amide bonds. The molecule has 3 aromatic rings. The Morgan fingerprint density at radius 2 is 2.05 bits per heavy atom. The van der Waals surface area contributed by atoms with Crippen LogP contribution in [0, 0.1) is 11.3 Å². The van der Waals surface area contributed by atoms with Gasteiger partial charge in [-0.15, -0.1) is 0 Å². The highest BCUT2D eigenvalue weighted by atomic mass is 16.5. The minimum absolute atomic E-state index is 0.0899. The Bertz CT molecular complexity index is 1540. The number of ether oxygens (including phenoxy) is 3. The van der Waals surface area contributed by atoms with Gasteiger partial charge in [0.05, 0.1) is 31.6 Å². The van der Waals surface area contributed by atoms with Crippen LogP contribution in [0.15, 0.2) is 76.6 Å². The van der Waals surface area contributed by atoms with Gasteiger partial charge in [0.15, 0.2) is 17.0 Å². The van der Waals surface area contributed by atoms with E-state index < -0.39 is 5.91 Å². The van der Waals surface area contributed by atoms with Gasteiger partial charge in [-0.2, -0.15) is 10.3 Å². The predicted octanol–water partition coefficient (Wildman–Crippen LogP) is 3.01. The first kappa shape index (κ1) is 27.1. The van der Waals surface area contributed by atoms with Gasteiger partial charge in [0.1, 0.15) is 17.4 Å². The second-order valence-corrected chi connectivity index (χ2v) is 7.73. The van der Waals surface area contributed by atoms with Crippen molar-refractivity contribution in [2.75, 3.05) is 27.4 Å². The number of rotatable bonds is 11. The van der Waals surface area contributed by atoms with Gasteiger partial charge in [0.25, 0.3) is 11.5 Å². The molecular formula is C27H29N5O5. The van der Waals surface area contributed by atoms with E-state index in [0.29, 0.717) is 49.0 Å². The number of hydrogen-bond acceptors (Lipinski definition) is 7. The number of allylic oxidation sites excluding steroid dienone is 2. The van der Waals surface area contributed by atoms with Crippen molar-refractivity contribution in [2.24, 2.45) is 4.99 Å². The fourth-order valence-electron chi connectivity index (χ4n) is 3.75. The lowest BCUT2D eigenvalue weighted by Gasteiger charge is -2.13. The average Bonchev–Trinajstić information content (AvgIpc) is 2.91. The molecule has 0 N–H and O–H groups in total. The molecule has 37 heavy (non-hydrogen) atoms. The monoisotopic (exact) mass is 503 g/mol. The second-order valence-electron chi connectivity index (χ2n) is 7.73. The molecule has 10 heteroatoms. The van der Waals surface area contributed by atoms with Gasteiger partial charge < -0.3 is 18.8 Å². The van der Waals surface area contributed by atoms with Gasteiger partial charge in [-0.1, -0.05) is 18.7 Å². The first-order valence-electron chi connectivity index (χ1n) is 11.7. The Morgan fingerprint density at radius 3 is 2.73 bits per heavy atom. The maximum Gasteiger partial charge on any atom is 0.267 e. The van der Waals surface area contributed by atoms with Crippen LogP contribution < -0.4 is 11.0 Å². The largest absolute Gasteiger partial charge is 0.493 e. The molecule has 0 aromatic carbocycles. The van der Waals surface area contributed by atoms with Crippen LogP contribution >= 0.6 is 0 Å². The SMILES string of the molecule is C=C/C=C(OC)\C(=C/CC(=O)N=c1c(C#N)cc2c(=O)n3ccccc3nc2n1CCCOCC)OC. The van der Waals surface area contributed by atoms with Crippen molar-refractivity contribution in [3.05, 3.63) is 88.2 Å². The van der Waals surface area contributed by atoms with Crippen LogP contribution in [0.5, 0.6) is 0 Å². The van der Waals surface area contributed by atoms with Gasteiger partial charge in [0, 0.05) is 26.0 Å². The molecule has 3 rings (SSSR count). The summed E-state index contributed by atoms with van der Waals surface area (Å²) in [5.41, 5.74) is 0.676. The van der Waals surface area contributed by atoms with Gasteiger partial charge in [0.2, 0.25) is 0 Å². The summed E-state index contributed by atoms with van der Waals surface area (Å²) >= 11 is 0. The summed E-state index contributed by atoms with van der Waals surface area (Å²) in [5, 5.41) is 10.1. The third-order valence-corrected chi connectivity index (χ3v) is 5.43. The molecule has 0 unspecified atom stereocenters. The number of nitrogens with zero attached hydrogens (tertiary/aromatic N) is 5. The maximum atomic E-state index is 13.2. The van der Waals surface area contributed by atoms with Crippen molar-refractivity contribution in [1.82, 2.24) is 14.0 Å². The normalized spacial score (nSPS) is 12.5. The molecule has 0 atom stereocenters. The molecule has 0 radical (unpaired) electrons. The van der Waals surface area contributed by atoms with E-state index in [0.717, 1.165) is 0 Å². The molecule has 0 saturated heterocycles. The highest BCUT2D eigenvalue weighted by Gasteiger charge is 2.15. The van der Waals surface area contributed by atoms with Crippen LogP contribution in [0.25, 0.3) is 16.7 Å². The van der Waals surface area contributed by atoms with E-state index in [9.17, 15) is 14.9 Å². The summed E-state index contributed by atoms with van der Waals surface area (Å²) in [4.78, 5) is 35.1. The first-order chi connectivity index (χ1) is 18.0. The number of nitriles is 1. The van der Waals surface area contributed by atoms with Crippen molar-refractivity contribution in [2.45, 2.75) is 26.3 Å². The van der Waals surface area contributed by atoms with E-state index in [1.165, 1.54) is 36.8 Å². The number of fused-ring (bicyclic) bond motifs is 2. The summed E-state index contributed by atoms with van der Waals surface area (Å²) in [5.74, 6) is 0.225. The molecule has 0 aliphatic carbocycles. The number of aryl methyl sites for hydroxylation is 1. The van der Waals surface area contributed by atoms with Crippen LogP contribution in [0.4, 0.5) is 0 Å². The number of aromatic nitrogens is 3. The number of amides is 1. The van der Waals surface area contributed by atoms with Crippen molar-refractivity contribution in [3.63, 3.8) is 0 Å². The predicted molar refractivity (Wildman–Crippen MR) is 138 cm³/mol. The average molecular weight is 504 g/mol. The minimum Gasteiger partial charge on any atom is -0.493 e. The van der Waals surface area contributed by atoms with Gasteiger partial charge in [-0.05, 0) is 43.7 Å². The molecule has 0 spiro atoms. The Kier molecular flexibility index (Phi) is 9.52. The van der Waals surface area contributed by atoms with Gasteiger partial charge in [-0.25, -0.2) is 4.98 Å². The molecule has 10 nitrogen and oxygen atoms in total. The minimum atomic E-state index is -0.518. The lowest BCUT2D eigenvalue weighted by atomic mass is 10.2. The number of hydrogen-bond donors (Lipinski definition) is 0. The Labute approximate surface area is 214 Å². The standard InChI is InChI=1S/C27H29N5O5/c1-5-10-21(35-3)22(36-4)12-13-24(33)30-25-19(18-28)17-20-26(32(25)15-9-16-37-6-2)29-23-11-7-8-14-31(23)27(20)34/h5,7-8,10-12,14,17H,1,6,9,13,15-16H2,2-4H3/b21-10+,22-12+,30-25?. The lowest BCUT2D eigenvalue weighted by Crippen LogP contribution is -2.30. The molecule has 3 heterocycles. The zero-order valence-electron chi connectivity index (χ0n) is 21.1. The number of carbonyl (C=O) groups is 1. The smallest absolute Gasteiger partial charge is 0.267 e. The fourth-order valence-corrected chi connectivity index (χ4v) is 3.75. The third-order valence-electron chi connectivity index (χ3n) is 5.43. The van der Waals surface area contributed by atoms with Crippen LogP contribution in [-0.2, 0) is 25.5 Å². The van der Waals surface area contributed by atoms with Crippen molar-refractivity contribution in [3.8, 4) is 6.07 Å². The molecule has 0 fully saturated rings. The van der Waals surface area contributed by atoms with Gasteiger partial charge in [-0.3, -0.25) is 14.0 Å². The van der Waals surface area contributed by atoms with Crippen LogP contribution in [-0.4, -0.2) is 47.3 Å².